The summed E-state index contributed by atoms with van der Waals surface area (Å²) in [7, 11) is 0. The van der Waals surface area contributed by atoms with Crippen LogP contribution in [0.4, 0.5) is 0 Å². The van der Waals surface area contributed by atoms with Crippen molar-refractivity contribution in [3.05, 3.63) is 94.3 Å². The van der Waals surface area contributed by atoms with E-state index in [1.807, 2.05) is 67.5 Å². The minimum atomic E-state index is -0.573. The maximum absolute atomic E-state index is 13.8. The summed E-state index contributed by atoms with van der Waals surface area (Å²) in [5.41, 5.74) is 10.8. The molecule has 2 heterocycles. The average Bonchev–Trinajstić information content (AvgIpc) is 3.42. The molecule has 1 amide bonds. The summed E-state index contributed by atoms with van der Waals surface area (Å²) in [6.07, 6.45) is 11.3. The van der Waals surface area contributed by atoms with Crippen LogP contribution in [0.15, 0.2) is 87.2 Å². The molecule has 0 spiro atoms. The van der Waals surface area contributed by atoms with Crippen molar-refractivity contribution < 1.29 is 18.7 Å². The van der Waals surface area contributed by atoms with Crippen LogP contribution in [0, 0.1) is 5.41 Å². The van der Waals surface area contributed by atoms with Crippen molar-refractivity contribution in [2.45, 2.75) is 80.0 Å². The fourth-order valence-electron chi connectivity index (χ4n) is 4.30. The van der Waals surface area contributed by atoms with Gasteiger partial charge < -0.3 is 29.9 Å². The lowest BCUT2D eigenvalue weighted by atomic mass is 9.97. The van der Waals surface area contributed by atoms with Gasteiger partial charge in [-0.25, -0.2) is 9.97 Å². The van der Waals surface area contributed by atoms with Crippen LogP contribution in [0.5, 0.6) is 0 Å². The Morgan fingerprint density at radius 1 is 1.20 bits per heavy atom. The molecule has 11 heteroatoms. The largest absolute Gasteiger partial charge is 0.477 e. The van der Waals surface area contributed by atoms with E-state index in [4.69, 9.17) is 35.2 Å². The fourth-order valence-corrected chi connectivity index (χ4v) is 4.62. The number of carbonyl (C=O) groups is 1. The second kappa shape index (κ2) is 18.1. The summed E-state index contributed by atoms with van der Waals surface area (Å²) in [6, 6.07) is 1.29. The van der Waals surface area contributed by atoms with Gasteiger partial charge in [-0.1, -0.05) is 38.2 Å². The Kier molecular flexibility index (Phi) is 15.0. The Balaban J connectivity index is 2.48. The van der Waals surface area contributed by atoms with E-state index in [1.54, 1.807) is 29.3 Å². The second-order valence-electron chi connectivity index (χ2n) is 11.2. The molecule has 2 aromatic heterocycles. The number of fused-ring (bicyclic) bond motifs is 1. The van der Waals surface area contributed by atoms with Crippen molar-refractivity contribution in [3.8, 4) is 0 Å². The first kappa shape index (κ1) is 37.3. The number of rotatable bonds is 17. The number of ether oxygens (including phenoxy) is 2. The van der Waals surface area contributed by atoms with E-state index in [1.165, 1.54) is 12.2 Å². The van der Waals surface area contributed by atoms with E-state index >= 15 is 0 Å². The van der Waals surface area contributed by atoms with Crippen LogP contribution < -0.4 is 10.9 Å². The van der Waals surface area contributed by atoms with Gasteiger partial charge in [0.25, 0.3) is 0 Å². The molecule has 0 fully saturated rings. The fraction of sp³-hybridized carbons (Fsp3) is 0.412. The smallest absolute Gasteiger partial charge is 0.247 e. The zero-order valence-electron chi connectivity index (χ0n) is 27.7. The number of furan rings is 1. The minimum absolute atomic E-state index is 0.00847. The number of allylic oxidation sites excluding steroid dienone is 8. The highest BCUT2D eigenvalue weighted by Crippen LogP contribution is 2.23. The van der Waals surface area contributed by atoms with Crippen LogP contribution in [0.2, 0.25) is 0 Å². The quantitative estimate of drug-likeness (QED) is 0.0557. The van der Waals surface area contributed by atoms with Gasteiger partial charge >= 0.3 is 0 Å². The third kappa shape index (κ3) is 11.5. The first-order chi connectivity index (χ1) is 21.3. The first-order valence-electron chi connectivity index (χ1n) is 14.9. The summed E-state index contributed by atoms with van der Waals surface area (Å²) < 4.78 is 17.8. The summed E-state index contributed by atoms with van der Waals surface area (Å²) >= 11 is 1.01. The van der Waals surface area contributed by atoms with Crippen LogP contribution >= 0.6 is 11.9 Å². The second-order valence-corrected chi connectivity index (χ2v) is 11.9. The Morgan fingerprint density at radius 2 is 1.91 bits per heavy atom. The molecule has 0 bridgehead atoms. The molecule has 244 valence electrons. The molecule has 0 aliphatic heterocycles. The number of carbonyl (C=O) groups excluding carboxylic acids is 1. The Labute approximate surface area is 271 Å². The number of amides is 1. The van der Waals surface area contributed by atoms with Crippen LogP contribution in [-0.4, -0.2) is 51.8 Å². The molecule has 0 radical (unpaired) electrons. The van der Waals surface area contributed by atoms with Crippen molar-refractivity contribution in [1.29, 1.82) is 5.41 Å². The molecule has 0 aliphatic carbocycles. The normalized spacial score (nSPS) is 13.5. The van der Waals surface area contributed by atoms with Crippen LogP contribution in [0.25, 0.3) is 11.2 Å². The van der Waals surface area contributed by atoms with E-state index in [0.29, 0.717) is 21.8 Å². The predicted molar refractivity (Wildman–Crippen MR) is 184 cm³/mol. The van der Waals surface area contributed by atoms with Crippen LogP contribution in [0.1, 0.15) is 72.8 Å². The Hall–Kier alpha value is -3.93. The number of nitrogens with two attached hydrogens (primary N) is 2. The molecule has 0 saturated heterocycles. The van der Waals surface area contributed by atoms with Crippen molar-refractivity contribution in [1.82, 2.24) is 14.9 Å². The van der Waals surface area contributed by atoms with E-state index in [0.717, 1.165) is 34.4 Å². The standard InChI is InChI=1S/C34H48N6O4S/c1-10-12-27(45-37)13-14-32(41)40(18-25-17-38-34-29(39-25)16-30(44-34)21(3)4)26(19-42-23(7)8)20-43-31(36)15-28(35)33(22(5)6)24(9)11-2/h10-17,21,23,26,35H,1,18-20,36-37H2,2-9H3/b14-13+,24-11-,27-12+,31-15+,35-28?/t26-/m1/s1. The number of hydrogen-bond acceptors (Lipinski definition) is 10. The predicted octanol–water partition coefficient (Wildman–Crippen LogP) is 6.84. The third-order valence-corrected chi connectivity index (χ3v) is 7.23. The van der Waals surface area contributed by atoms with Gasteiger partial charge in [0, 0.05) is 34.6 Å². The maximum atomic E-state index is 13.8. The topological polar surface area (TPSA) is 154 Å². The molecule has 0 unspecified atom stereocenters. The van der Waals surface area contributed by atoms with E-state index in [2.05, 4.69) is 11.6 Å². The van der Waals surface area contributed by atoms with Gasteiger partial charge in [-0.05, 0) is 71.2 Å². The van der Waals surface area contributed by atoms with Crippen molar-refractivity contribution in [2.75, 3.05) is 13.2 Å². The summed E-state index contributed by atoms with van der Waals surface area (Å²) in [5, 5.41) is 14.4. The van der Waals surface area contributed by atoms with Crippen molar-refractivity contribution in [3.63, 3.8) is 0 Å². The van der Waals surface area contributed by atoms with Crippen molar-refractivity contribution >= 4 is 34.8 Å². The van der Waals surface area contributed by atoms with Gasteiger partial charge in [-0.15, -0.1) is 0 Å². The summed E-state index contributed by atoms with van der Waals surface area (Å²) in [5.74, 6) is 0.693. The minimum Gasteiger partial charge on any atom is -0.477 e. The van der Waals surface area contributed by atoms with Gasteiger partial charge in [0.15, 0.2) is 5.88 Å². The van der Waals surface area contributed by atoms with E-state index in [9.17, 15) is 4.79 Å². The van der Waals surface area contributed by atoms with Gasteiger partial charge in [-0.2, -0.15) is 0 Å². The molecular weight excluding hydrogens is 588 g/mol. The van der Waals surface area contributed by atoms with Gasteiger partial charge in [-0.3, -0.25) is 9.93 Å². The van der Waals surface area contributed by atoms with Gasteiger partial charge in [0.05, 0.1) is 42.9 Å². The lowest BCUT2D eigenvalue weighted by Gasteiger charge is -2.31. The Bertz CT molecular complexity index is 1500. The number of hydrogen-bond donors (Lipinski definition) is 3. The van der Waals surface area contributed by atoms with Gasteiger partial charge in [0.2, 0.25) is 11.6 Å². The molecule has 0 saturated carbocycles. The van der Waals surface area contributed by atoms with Gasteiger partial charge in [0.1, 0.15) is 17.9 Å². The van der Waals surface area contributed by atoms with Crippen molar-refractivity contribution in [2.24, 2.45) is 10.9 Å². The number of nitrogens with one attached hydrogen (secondary N) is 1. The highest BCUT2D eigenvalue weighted by atomic mass is 32.2. The van der Waals surface area contributed by atoms with E-state index < -0.39 is 6.04 Å². The maximum Gasteiger partial charge on any atom is 0.247 e. The monoisotopic (exact) mass is 636 g/mol. The summed E-state index contributed by atoms with van der Waals surface area (Å²) in [4.78, 5) is 25.2. The lowest BCUT2D eigenvalue weighted by molar-refractivity contribution is -0.132. The highest BCUT2D eigenvalue weighted by molar-refractivity contribution is 8.01. The van der Waals surface area contributed by atoms with E-state index in [-0.39, 0.29) is 49.3 Å². The highest BCUT2D eigenvalue weighted by Gasteiger charge is 2.26. The summed E-state index contributed by atoms with van der Waals surface area (Å²) in [6.45, 7) is 19.7. The molecule has 2 aromatic rings. The molecule has 10 nitrogen and oxygen atoms in total. The molecule has 0 aromatic carbocycles. The molecule has 1 atom stereocenters. The zero-order valence-corrected chi connectivity index (χ0v) is 28.5. The molecule has 45 heavy (non-hydrogen) atoms. The number of nitrogens with zero attached hydrogens (tertiary/aromatic N) is 3. The first-order valence-corrected chi connectivity index (χ1v) is 15.7. The molecule has 2 rings (SSSR count). The molecule has 5 N–H and O–H groups in total. The molecule has 0 aliphatic rings. The third-order valence-electron chi connectivity index (χ3n) is 6.69. The lowest BCUT2D eigenvalue weighted by Crippen LogP contribution is -2.45. The zero-order chi connectivity index (χ0) is 33.7. The molecular formula is C34H48N6O4S. The van der Waals surface area contributed by atoms with Crippen LogP contribution in [-0.2, 0) is 20.8 Å². The number of aromatic nitrogens is 2. The van der Waals surface area contributed by atoms with Crippen LogP contribution in [0.3, 0.4) is 0 Å². The average molecular weight is 637 g/mol. The Morgan fingerprint density at radius 3 is 2.49 bits per heavy atom. The SMILES string of the molecule is C=C/C=C(\C=C\C(=O)N(Cc1cnc2oc(C(C)C)cc2n1)[C@@H](CO/C(N)=C/C(=N)C(=C(C)C)/C(C)=C\C)COC(C)C)SN.